The molecule has 6 heteroatoms. The molecule has 1 saturated carbocycles. The number of carbonyl (C=O) groups is 1. The summed E-state index contributed by atoms with van der Waals surface area (Å²) in [4.78, 5) is 12.2. The second kappa shape index (κ2) is 5.57. The second-order valence-electron chi connectivity index (χ2n) is 5.00. The molecule has 4 nitrogen and oxygen atoms in total. The number of benzene rings is 1. The van der Waals surface area contributed by atoms with Gasteiger partial charge in [0.15, 0.2) is 5.76 Å². The molecule has 0 amide bonds. The van der Waals surface area contributed by atoms with Crippen molar-refractivity contribution in [2.24, 2.45) is 0 Å². The minimum atomic E-state index is -0.509. The largest absolute Gasteiger partial charge is 0.462 e. The van der Waals surface area contributed by atoms with Crippen LogP contribution in [0.5, 0.6) is 0 Å². The molecular weight excluding hydrogens is 292 g/mol. The zero-order valence-corrected chi connectivity index (χ0v) is 12.7. The fourth-order valence-corrected chi connectivity index (χ4v) is 2.48. The SMILES string of the molecule is CCOC(=O)c1c(-c2ccc(P)cc2F)noc1C1CC1. The summed E-state index contributed by atoms with van der Waals surface area (Å²) in [6.07, 6.45) is 1.90. The first-order valence-corrected chi connectivity index (χ1v) is 7.41. The van der Waals surface area contributed by atoms with Gasteiger partial charge in [0.1, 0.15) is 17.1 Å². The van der Waals surface area contributed by atoms with Gasteiger partial charge in [-0.2, -0.15) is 0 Å². The quantitative estimate of drug-likeness (QED) is 0.643. The van der Waals surface area contributed by atoms with Gasteiger partial charge < -0.3 is 9.26 Å². The molecule has 1 aliphatic carbocycles. The Morgan fingerprint density at radius 3 is 2.90 bits per heavy atom. The van der Waals surface area contributed by atoms with Crippen molar-refractivity contribution in [3.8, 4) is 11.3 Å². The zero-order chi connectivity index (χ0) is 15.0. The standard InChI is InChI=1S/C15H15FNO3P/c1-2-19-15(18)12-13(17-20-14(12)8-3-4-8)10-6-5-9(21)7-11(10)16/h5-8H,2-4,21H2,1H3. The van der Waals surface area contributed by atoms with Crippen LogP contribution >= 0.6 is 9.24 Å². The van der Waals surface area contributed by atoms with Crippen LogP contribution in [0.3, 0.4) is 0 Å². The van der Waals surface area contributed by atoms with Gasteiger partial charge in [0.05, 0.1) is 6.61 Å². The number of nitrogens with zero attached hydrogens (tertiary/aromatic N) is 1. The Morgan fingerprint density at radius 1 is 1.52 bits per heavy atom. The maximum absolute atomic E-state index is 14.1. The molecule has 1 aromatic carbocycles. The van der Waals surface area contributed by atoms with E-state index in [4.69, 9.17) is 9.26 Å². The normalized spacial score (nSPS) is 14.2. The van der Waals surface area contributed by atoms with Crippen molar-refractivity contribution >= 4 is 20.5 Å². The summed E-state index contributed by atoms with van der Waals surface area (Å²) >= 11 is 0. The van der Waals surface area contributed by atoms with Crippen LogP contribution in [0.4, 0.5) is 4.39 Å². The Morgan fingerprint density at radius 2 is 2.29 bits per heavy atom. The smallest absolute Gasteiger partial charge is 0.344 e. The molecule has 1 heterocycles. The third-order valence-corrected chi connectivity index (χ3v) is 3.75. The van der Waals surface area contributed by atoms with Crippen LogP contribution in [0.2, 0.25) is 0 Å². The van der Waals surface area contributed by atoms with Crippen LogP contribution in [-0.2, 0) is 4.74 Å². The summed E-state index contributed by atoms with van der Waals surface area (Å²) in [5.41, 5.74) is 0.729. The highest BCUT2D eigenvalue weighted by Gasteiger charge is 2.36. The number of hydrogen-bond donors (Lipinski definition) is 0. The van der Waals surface area contributed by atoms with Crippen molar-refractivity contribution in [3.63, 3.8) is 0 Å². The Kier molecular flexibility index (Phi) is 3.77. The number of halogens is 1. The fraction of sp³-hybridized carbons (Fsp3) is 0.333. The summed E-state index contributed by atoms with van der Waals surface area (Å²) < 4.78 is 24.5. The summed E-state index contributed by atoms with van der Waals surface area (Å²) in [5, 5.41) is 4.64. The molecule has 0 N–H and O–H groups in total. The Labute approximate surface area is 123 Å². The van der Waals surface area contributed by atoms with Crippen molar-refractivity contribution in [2.45, 2.75) is 25.7 Å². The monoisotopic (exact) mass is 307 g/mol. The number of aromatic nitrogens is 1. The molecular formula is C15H15FNO3P. The third kappa shape index (κ3) is 2.70. The molecule has 3 rings (SSSR count). The first kappa shape index (κ1) is 14.2. The van der Waals surface area contributed by atoms with Crippen molar-refractivity contribution in [3.05, 3.63) is 35.3 Å². The van der Waals surface area contributed by atoms with Gasteiger partial charge in [-0.1, -0.05) is 11.2 Å². The highest BCUT2D eigenvalue weighted by atomic mass is 31.0. The van der Waals surface area contributed by atoms with Gasteiger partial charge >= 0.3 is 5.97 Å². The fourth-order valence-electron chi connectivity index (χ4n) is 2.23. The second-order valence-corrected chi connectivity index (χ2v) is 5.67. The Balaban J connectivity index is 2.11. The van der Waals surface area contributed by atoms with E-state index in [9.17, 15) is 9.18 Å². The molecule has 1 atom stereocenters. The van der Waals surface area contributed by atoms with Crippen molar-refractivity contribution < 1.29 is 18.4 Å². The summed E-state index contributed by atoms with van der Waals surface area (Å²) in [5.74, 6) is -0.249. The van der Waals surface area contributed by atoms with E-state index in [2.05, 4.69) is 14.4 Å². The maximum atomic E-state index is 14.1. The molecule has 1 aliphatic rings. The van der Waals surface area contributed by atoms with Crippen LogP contribution in [-0.4, -0.2) is 17.7 Å². The zero-order valence-electron chi connectivity index (χ0n) is 11.6. The van der Waals surface area contributed by atoms with E-state index < -0.39 is 11.8 Å². The lowest BCUT2D eigenvalue weighted by atomic mass is 10.0. The lowest BCUT2D eigenvalue weighted by Gasteiger charge is -2.05. The number of esters is 1. The van der Waals surface area contributed by atoms with E-state index in [0.717, 1.165) is 18.1 Å². The first-order valence-electron chi connectivity index (χ1n) is 6.84. The lowest BCUT2D eigenvalue weighted by molar-refractivity contribution is 0.0524. The third-order valence-electron chi connectivity index (χ3n) is 3.39. The van der Waals surface area contributed by atoms with Gasteiger partial charge in [0.2, 0.25) is 0 Å². The van der Waals surface area contributed by atoms with Crippen LogP contribution in [0.1, 0.15) is 41.8 Å². The van der Waals surface area contributed by atoms with Gasteiger partial charge in [-0.25, -0.2) is 9.18 Å². The first-order chi connectivity index (χ1) is 10.1. The molecule has 21 heavy (non-hydrogen) atoms. The number of hydrogen-bond acceptors (Lipinski definition) is 4. The van der Waals surface area contributed by atoms with Crippen LogP contribution in [0, 0.1) is 5.82 Å². The lowest BCUT2D eigenvalue weighted by Crippen LogP contribution is -2.08. The predicted octanol–water partition coefficient (Wildman–Crippen LogP) is 3.04. The van der Waals surface area contributed by atoms with Gasteiger partial charge in [-0.05, 0) is 37.2 Å². The Hall–Kier alpha value is -1.74. The average molecular weight is 307 g/mol. The summed E-state index contributed by atoms with van der Waals surface area (Å²) in [6, 6.07) is 4.71. The molecule has 2 aromatic rings. The number of ether oxygens (including phenoxy) is 1. The summed E-state index contributed by atoms with van der Waals surface area (Å²) in [7, 11) is 2.43. The molecule has 0 spiro atoms. The van der Waals surface area contributed by atoms with Gasteiger partial charge in [-0.3, -0.25) is 0 Å². The van der Waals surface area contributed by atoms with E-state index in [-0.39, 0.29) is 29.3 Å². The highest BCUT2D eigenvalue weighted by Crippen LogP contribution is 2.44. The van der Waals surface area contributed by atoms with E-state index in [1.165, 1.54) is 6.07 Å². The Bertz CT molecular complexity index is 694. The summed E-state index contributed by atoms with van der Waals surface area (Å²) in [6.45, 7) is 1.98. The minimum absolute atomic E-state index is 0.190. The number of rotatable bonds is 4. The topological polar surface area (TPSA) is 52.3 Å². The minimum Gasteiger partial charge on any atom is -0.462 e. The highest BCUT2D eigenvalue weighted by molar-refractivity contribution is 7.27. The molecule has 1 aromatic heterocycles. The van der Waals surface area contributed by atoms with E-state index in [0.29, 0.717) is 5.76 Å². The average Bonchev–Trinajstić information content (AvgIpc) is 3.19. The molecule has 1 unspecified atom stereocenters. The van der Waals surface area contributed by atoms with E-state index in [1.807, 2.05) is 0 Å². The van der Waals surface area contributed by atoms with Gasteiger partial charge in [0, 0.05) is 11.5 Å². The van der Waals surface area contributed by atoms with Crippen molar-refractivity contribution in [1.82, 2.24) is 5.16 Å². The molecule has 1 fully saturated rings. The van der Waals surface area contributed by atoms with E-state index >= 15 is 0 Å². The number of carbonyl (C=O) groups excluding carboxylic acids is 1. The van der Waals surface area contributed by atoms with Gasteiger partial charge in [-0.15, -0.1) is 9.24 Å². The van der Waals surface area contributed by atoms with Crippen LogP contribution in [0.25, 0.3) is 11.3 Å². The molecule has 0 bridgehead atoms. The van der Waals surface area contributed by atoms with Crippen molar-refractivity contribution in [1.29, 1.82) is 0 Å². The molecule has 110 valence electrons. The molecule has 0 saturated heterocycles. The van der Waals surface area contributed by atoms with Crippen LogP contribution < -0.4 is 5.30 Å². The van der Waals surface area contributed by atoms with Crippen LogP contribution in [0.15, 0.2) is 22.7 Å². The maximum Gasteiger partial charge on any atom is 0.344 e. The van der Waals surface area contributed by atoms with Crippen molar-refractivity contribution in [2.75, 3.05) is 6.61 Å². The molecule has 0 radical (unpaired) electrons. The van der Waals surface area contributed by atoms with E-state index in [1.54, 1.807) is 19.1 Å². The predicted molar refractivity (Wildman–Crippen MR) is 79.2 cm³/mol. The molecule has 0 aliphatic heterocycles. The van der Waals surface area contributed by atoms with Gasteiger partial charge in [0.25, 0.3) is 0 Å².